The van der Waals surface area contributed by atoms with E-state index in [0.29, 0.717) is 17.7 Å². The highest BCUT2D eigenvalue weighted by Gasteiger charge is 2.43. The van der Waals surface area contributed by atoms with Crippen LogP contribution in [0, 0.1) is 17.8 Å². The van der Waals surface area contributed by atoms with Gasteiger partial charge in [-0.1, -0.05) is 62.4 Å². The van der Waals surface area contributed by atoms with E-state index in [4.69, 9.17) is 5.73 Å². The zero-order valence-corrected chi connectivity index (χ0v) is 27.5. The number of sulfone groups is 1. The standard InChI is InChI=1S/C33H49N5O7S/c1-33(2,32(34)43)46(44,45)19-24(15-21-9-5-3-6-10-21)30(41)38-27(17-25-18-35-20-36-25)31(42)37-26(16-22-11-7-4-8-12-22)29(40)28(39)23-13-14-23/h3,5-6,9-10,18,20,22-24,26-29,39-40H,4,7-8,11-17,19H2,1-2H3,(H2,34,43)(H,35,36)(H,37,42)(H,38,41)/t24-,26+,27+,28+,29-/m1/s1. The fraction of sp³-hybridized carbons (Fsp3) is 0.636. The lowest BCUT2D eigenvalue weighted by molar-refractivity contribution is -0.132. The predicted octanol–water partition coefficient (Wildman–Crippen LogP) is 1.56. The SMILES string of the molecule is CC(C)(C(N)=O)S(=O)(=O)C[C@@H](Cc1ccccc1)C(=O)N[C@@H](Cc1c[nH]cn1)C(=O)N[C@@H](CC1CCCCC1)[C@@H](O)[C@@H](O)C1CC1. The summed E-state index contributed by atoms with van der Waals surface area (Å²) in [5, 5.41) is 27.7. The first-order valence-electron chi connectivity index (χ1n) is 16.3. The molecule has 1 aromatic carbocycles. The largest absolute Gasteiger partial charge is 0.390 e. The number of benzene rings is 1. The number of carbonyl (C=O) groups is 3. The number of amides is 3. The van der Waals surface area contributed by atoms with Crippen molar-refractivity contribution < 1.29 is 33.0 Å². The minimum atomic E-state index is -4.20. The van der Waals surface area contributed by atoms with Gasteiger partial charge >= 0.3 is 0 Å². The molecule has 2 aliphatic rings. The lowest BCUT2D eigenvalue weighted by Gasteiger charge is -2.33. The number of primary amides is 1. The summed E-state index contributed by atoms with van der Waals surface area (Å²) in [4.78, 5) is 47.0. The number of nitrogens with two attached hydrogens (primary N) is 1. The number of aliphatic hydroxyl groups is 2. The van der Waals surface area contributed by atoms with Gasteiger partial charge in [-0.2, -0.15) is 0 Å². The summed E-state index contributed by atoms with van der Waals surface area (Å²) in [5.74, 6) is -3.83. The van der Waals surface area contributed by atoms with E-state index >= 15 is 0 Å². The quantitative estimate of drug-likeness (QED) is 0.147. The topological polar surface area (TPSA) is 205 Å². The first-order valence-corrected chi connectivity index (χ1v) is 17.9. The molecule has 3 amide bonds. The van der Waals surface area contributed by atoms with Crippen LogP contribution in [0.4, 0.5) is 0 Å². The number of nitrogens with zero attached hydrogens (tertiary/aromatic N) is 1. The average Bonchev–Trinajstić information content (AvgIpc) is 3.75. The van der Waals surface area contributed by atoms with Crippen molar-refractivity contribution in [3.63, 3.8) is 0 Å². The van der Waals surface area contributed by atoms with E-state index in [1.165, 1.54) is 20.2 Å². The zero-order chi connectivity index (χ0) is 33.5. The van der Waals surface area contributed by atoms with Crippen molar-refractivity contribution in [2.45, 2.75) is 107 Å². The molecule has 2 fully saturated rings. The molecule has 0 unspecified atom stereocenters. The van der Waals surface area contributed by atoms with Crippen molar-refractivity contribution in [2.24, 2.45) is 23.5 Å². The number of rotatable bonds is 17. The molecule has 46 heavy (non-hydrogen) atoms. The number of aromatic amines is 1. The molecule has 2 saturated carbocycles. The Kier molecular flexibility index (Phi) is 12.0. The maximum absolute atomic E-state index is 13.9. The first kappa shape index (κ1) is 35.6. The minimum Gasteiger partial charge on any atom is -0.390 e. The Bertz CT molecular complexity index is 1410. The second-order valence-corrected chi connectivity index (χ2v) is 16.1. The number of aliphatic hydroxyl groups excluding tert-OH is 2. The second-order valence-electron chi connectivity index (χ2n) is 13.5. The summed E-state index contributed by atoms with van der Waals surface area (Å²) in [5.41, 5.74) is 6.61. The highest BCUT2D eigenvalue weighted by molar-refractivity contribution is 7.93. The first-order chi connectivity index (χ1) is 21.8. The molecule has 2 aromatic rings. The van der Waals surface area contributed by atoms with Gasteiger partial charge in [-0.25, -0.2) is 13.4 Å². The summed E-state index contributed by atoms with van der Waals surface area (Å²) in [6.07, 6.45) is 8.31. The molecule has 0 bridgehead atoms. The Morgan fingerprint density at radius 3 is 2.26 bits per heavy atom. The van der Waals surface area contributed by atoms with Crippen LogP contribution in [-0.2, 0) is 37.1 Å². The molecule has 12 nitrogen and oxygen atoms in total. The van der Waals surface area contributed by atoms with E-state index < -0.39 is 68.3 Å². The van der Waals surface area contributed by atoms with E-state index in [-0.39, 0.29) is 24.7 Å². The van der Waals surface area contributed by atoms with Gasteiger partial charge in [-0.3, -0.25) is 14.4 Å². The molecule has 0 saturated heterocycles. The van der Waals surface area contributed by atoms with Crippen LogP contribution in [0.15, 0.2) is 42.9 Å². The number of aromatic nitrogens is 2. The molecular formula is C33H49N5O7S. The molecule has 4 rings (SSSR count). The molecule has 1 aromatic heterocycles. The van der Waals surface area contributed by atoms with Crippen LogP contribution in [0.5, 0.6) is 0 Å². The van der Waals surface area contributed by atoms with E-state index in [1.54, 1.807) is 36.5 Å². The van der Waals surface area contributed by atoms with Gasteiger partial charge in [0.05, 0.1) is 35.8 Å². The van der Waals surface area contributed by atoms with Gasteiger partial charge in [0.25, 0.3) is 0 Å². The van der Waals surface area contributed by atoms with Crippen molar-refractivity contribution >= 4 is 27.6 Å². The van der Waals surface area contributed by atoms with Crippen molar-refractivity contribution in [3.8, 4) is 0 Å². The summed E-state index contributed by atoms with van der Waals surface area (Å²) < 4.78 is 24.8. The predicted molar refractivity (Wildman–Crippen MR) is 173 cm³/mol. The molecular weight excluding hydrogens is 610 g/mol. The van der Waals surface area contributed by atoms with Gasteiger partial charge in [0.15, 0.2) is 9.84 Å². The highest BCUT2D eigenvalue weighted by Crippen LogP contribution is 2.36. The summed E-state index contributed by atoms with van der Waals surface area (Å²) >= 11 is 0. The molecule has 0 aliphatic heterocycles. The number of hydrogen-bond donors (Lipinski definition) is 6. The maximum atomic E-state index is 13.9. The van der Waals surface area contributed by atoms with Crippen LogP contribution in [0.2, 0.25) is 0 Å². The molecule has 1 heterocycles. The number of H-pyrrole nitrogens is 1. The molecule has 13 heteroatoms. The average molecular weight is 660 g/mol. The molecule has 0 radical (unpaired) electrons. The molecule has 254 valence electrons. The van der Waals surface area contributed by atoms with Gasteiger partial charge in [-0.05, 0) is 56.9 Å². The number of nitrogens with one attached hydrogen (secondary N) is 3. The fourth-order valence-corrected chi connectivity index (χ4v) is 7.69. The van der Waals surface area contributed by atoms with Crippen LogP contribution in [0.25, 0.3) is 0 Å². The van der Waals surface area contributed by atoms with E-state index in [1.807, 2.05) is 0 Å². The Morgan fingerprint density at radius 2 is 1.67 bits per heavy atom. The molecule has 2 aliphatic carbocycles. The second kappa shape index (κ2) is 15.5. The van der Waals surface area contributed by atoms with Gasteiger partial charge < -0.3 is 31.6 Å². The van der Waals surface area contributed by atoms with E-state index in [9.17, 15) is 33.0 Å². The van der Waals surface area contributed by atoms with Crippen LogP contribution >= 0.6 is 0 Å². The van der Waals surface area contributed by atoms with Crippen LogP contribution in [-0.4, -0.2) is 81.1 Å². The van der Waals surface area contributed by atoms with E-state index in [2.05, 4.69) is 20.6 Å². The van der Waals surface area contributed by atoms with Gasteiger partial charge in [0.1, 0.15) is 16.9 Å². The normalized spacial score (nSPS) is 19.4. The monoisotopic (exact) mass is 659 g/mol. The third-order valence-corrected chi connectivity index (χ3v) is 12.2. The van der Waals surface area contributed by atoms with Crippen LogP contribution in [0.1, 0.15) is 76.5 Å². The van der Waals surface area contributed by atoms with E-state index in [0.717, 1.165) is 44.9 Å². The van der Waals surface area contributed by atoms with Crippen molar-refractivity contribution in [1.82, 2.24) is 20.6 Å². The van der Waals surface area contributed by atoms with Crippen molar-refractivity contribution in [2.75, 3.05) is 5.75 Å². The molecule has 5 atom stereocenters. The Hall–Kier alpha value is -3.29. The smallest absolute Gasteiger partial charge is 0.243 e. The molecule has 0 spiro atoms. The number of imidazole rings is 1. The van der Waals surface area contributed by atoms with Gasteiger partial charge in [0.2, 0.25) is 17.7 Å². The van der Waals surface area contributed by atoms with Gasteiger partial charge in [-0.15, -0.1) is 0 Å². The lowest BCUT2D eigenvalue weighted by Crippen LogP contribution is -2.57. The fourth-order valence-electron chi connectivity index (χ4n) is 6.17. The number of carbonyl (C=O) groups excluding carboxylic acids is 3. The van der Waals surface area contributed by atoms with Crippen molar-refractivity contribution in [1.29, 1.82) is 0 Å². The summed E-state index contributed by atoms with van der Waals surface area (Å²) in [6, 6.07) is 6.97. The Labute approximate surface area is 271 Å². The Morgan fingerprint density at radius 1 is 1.00 bits per heavy atom. The third-order valence-electron chi connectivity index (χ3n) is 9.60. The third kappa shape index (κ3) is 9.38. The lowest BCUT2D eigenvalue weighted by atomic mass is 9.82. The van der Waals surface area contributed by atoms with Crippen molar-refractivity contribution in [3.05, 3.63) is 54.1 Å². The zero-order valence-electron chi connectivity index (χ0n) is 26.7. The minimum absolute atomic E-state index is 0.00389. The van der Waals surface area contributed by atoms with Gasteiger partial charge in [0, 0.05) is 12.6 Å². The summed E-state index contributed by atoms with van der Waals surface area (Å²) in [7, 11) is -4.20. The molecule has 7 N–H and O–H groups in total. The van der Waals surface area contributed by atoms with Crippen LogP contribution in [0.3, 0.4) is 0 Å². The Balaban J connectivity index is 1.58. The summed E-state index contributed by atoms with van der Waals surface area (Å²) in [6.45, 7) is 2.42. The maximum Gasteiger partial charge on any atom is 0.243 e. The highest BCUT2D eigenvalue weighted by atomic mass is 32.2. The number of hydrogen-bond acceptors (Lipinski definition) is 8. The van der Waals surface area contributed by atoms with Crippen LogP contribution < -0.4 is 16.4 Å².